The van der Waals surface area contributed by atoms with Gasteiger partial charge in [-0.1, -0.05) is 0 Å². The van der Waals surface area contributed by atoms with E-state index in [2.05, 4.69) is 0 Å². The lowest BCUT2D eigenvalue weighted by atomic mass is 10.2. The molecule has 0 aromatic heterocycles. The van der Waals surface area contributed by atoms with Gasteiger partial charge < -0.3 is 14.6 Å². The maximum absolute atomic E-state index is 12.9. The first-order chi connectivity index (χ1) is 11.6. The summed E-state index contributed by atoms with van der Waals surface area (Å²) in [4.78, 5) is 11.8. The standard InChI is InChI=1S/C16H11F3I2O4/c1-2-24-15(23)8-5-11(20)14(12(21)6-8)25-9-3-4-13(22)10(7-9)16(17,18)19/h3-7,22H,2H2,1H3. The van der Waals surface area contributed by atoms with Crippen LogP contribution < -0.4 is 4.74 Å². The molecule has 0 radical (unpaired) electrons. The summed E-state index contributed by atoms with van der Waals surface area (Å²) in [5, 5.41) is 9.36. The fourth-order valence-electron chi connectivity index (χ4n) is 1.91. The van der Waals surface area contributed by atoms with E-state index in [4.69, 9.17) is 9.47 Å². The van der Waals surface area contributed by atoms with Crippen molar-refractivity contribution in [3.63, 3.8) is 0 Å². The predicted octanol–water partition coefficient (Wildman–Crippen LogP) is 5.59. The summed E-state index contributed by atoms with van der Waals surface area (Å²) in [7, 11) is 0. The van der Waals surface area contributed by atoms with Gasteiger partial charge in [-0.25, -0.2) is 4.79 Å². The Kier molecular flexibility index (Phi) is 6.40. The van der Waals surface area contributed by atoms with Crippen LogP contribution in [0, 0.1) is 7.14 Å². The van der Waals surface area contributed by atoms with Crippen molar-refractivity contribution >= 4 is 51.2 Å². The summed E-state index contributed by atoms with van der Waals surface area (Å²) in [6.45, 7) is 1.92. The van der Waals surface area contributed by atoms with E-state index in [0.29, 0.717) is 18.5 Å². The summed E-state index contributed by atoms with van der Waals surface area (Å²) in [5.74, 6) is -1.13. The maximum atomic E-state index is 12.9. The smallest absolute Gasteiger partial charge is 0.420 e. The Hall–Kier alpha value is -1.24. The molecule has 0 aliphatic carbocycles. The Morgan fingerprint density at radius 3 is 2.28 bits per heavy atom. The van der Waals surface area contributed by atoms with Gasteiger partial charge in [0.05, 0.1) is 19.3 Å². The number of halogens is 5. The monoisotopic (exact) mass is 578 g/mol. The van der Waals surface area contributed by atoms with E-state index in [1.54, 1.807) is 6.92 Å². The number of hydrogen-bond acceptors (Lipinski definition) is 4. The molecule has 134 valence electrons. The average Bonchev–Trinajstić information content (AvgIpc) is 2.51. The molecule has 0 saturated carbocycles. The Bertz CT molecular complexity index is 783. The molecular formula is C16H11F3I2O4. The maximum Gasteiger partial charge on any atom is 0.420 e. The van der Waals surface area contributed by atoms with Crippen LogP contribution in [-0.2, 0) is 10.9 Å². The van der Waals surface area contributed by atoms with Gasteiger partial charge in [-0.3, -0.25) is 0 Å². The highest BCUT2D eigenvalue weighted by Gasteiger charge is 2.34. The number of phenolic OH excluding ortho intramolecular Hbond substituents is 1. The van der Waals surface area contributed by atoms with E-state index in [0.717, 1.165) is 12.1 Å². The molecule has 0 aliphatic heterocycles. The molecule has 0 unspecified atom stereocenters. The van der Waals surface area contributed by atoms with Gasteiger partial charge in [0.25, 0.3) is 0 Å². The molecule has 0 fully saturated rings. The summed E-state index contributed by atoms with van der Waals surface area (Å²) in [6.07, 6.45) is -4.70. The third-order valence-electron chi connectivity index (χ3n) is 3.00. The van der Waals surface area contributed by atoms with Crippen LogP contribution in [0.15, 0.2) is 30.3 Å². The molecule has 1 N–H and O–H groups in total. The fourth-order valence-corrected chi connectivity index (χ4v) is 3.90. The lowest BCUT2D eigenvalue weighted by molar-refractivity contribution is -0.138. The second kappa shape index (κ2) is 7.98. The molecule has 25 heavy (non-hydrogen) atoms. The molecule has 0 heterocycles. The van der Waals surface area contributed by atoms with Crippen molar-refractivity contribution in [2.75, 3.05) is 6.61 Å². The van der Waals surface area contributed by atoms with Gasteiger partial charge in [-0.2, -0.15) is 13.2 Å². The topological polar surface area (TPSA) is 55.8 Å². The van der Waals surface area contributed by atoms with E-state index in [1.807, 2.05) is 45.2 Å². The van der Waals surface area contributed by atoms with Gasteiger partial charge in [-0.05, 0) is 82.4 Å². The molecule has 0 bridgehead atoms. The van der Waals surface area contributed by atoms with E-state index in [-0.39, 0.29) is 12.4 Å². The highest BCUT2D eigenvalue weighted by atomic mass is 127. The quantitative estimate of drug-likeness (QED) is 0.380. The third kappa shape index (κ3) is 4.90. The SMILES string of the molecule is CCOC(=O)c1cc(I)c(Oc2ccc(O)c(C(F)(F)F)c2)c(I)c1. The van der Waals surface area contributed by atoms with Crippen LogP contribution in [0.2, 0.25) is 0 Å². The fraction of sp³-hybridized carbons (Fsp3) is 0.188. The molecule has 2 rings (SSSR count). The van der Waals surface area contributed by atoms with Gasteiger partial charge in [-0.15, -0.1) is 0 Å². The molecule has 2 aromatic carbocycles. The van der Waals surface area contributed by atoms with Crippen LogP contribution in [-0.4, -0.2) is 17.7 Å². The van der Waals surface area contributed by atoms with Gasteiger partial charge in [0.2, 0.25) is 0 Å². The zero-order valence-corrected chi connectivity index (χ0v) is 17.0. The normalized spacial score (nSPS) is 11.3. The molecule has 2 aromatic rings. The Morgan fingerprint density at radius 1 is 1.16 bits per heavy atom. The van der Waals surface area contributed by atoms with E-state index in [1.165, 1.54) is 18.2 Å². The van der Waals surface area contributed by atoms with Crippen LogP contribution in [0.4, 0.5) is 13.2 Å². The number of carbonyl (C=O) groups is 1. The Labute approximate surface area is 168 Å². The van der Waals surface area contributed by atoms with Crippen molar-refractivity contribution in [3.05, 3.63) is 48.6 Å². The largest absolute Gasteiger partial charge is 0.507 e. The Balaban J connectivity index is 2.37. The first-order valence-corrected chi connectivity index (χ1v) is 9.03. The zero-order valence-electron chi connectivity index (χ0n) is 12.7. The van der Waals surface area contributed by atoms with Crippen molar-refractivity contribution in [2.45, 2.75) is 13.1 Å². The number of esters is 1. The number of ether oxygens (including phenoxy) is 2. The van der Waals surface area contributed by atoms with E-state index < -0.39 is 23.5 Å². The van der Waals surface area contributed by atoms with Gasteiger partial charge in [0.1, 0.15) is 17.1 Å². The minimum atomic E-state index is -4.70. The molecule has 4 nitrogen and oxygen atoms in total. The first kappa shape index (κ1) is 20.1. The van der Waals surface area contributed by atoms with E-state index >= 15 is 0 Å². The van der Waals surface area contributed by atoms with Crippen LogP contribution in [0.5, 0.6) is 17.2 Å². The number of aromatic hydroxyl groups is 1. The molecule has 0 spiro atoms. The van der Waals surface area contributed by atoms with Crippen molar-refractivity contribution in [1.29, 1.82) is 0 Å². The minimum absolute atomic E-state index is 0.0789. The highest BCUT2D eigenvalue weighted by Crippen LogP contribution is 2.40. The predicted molar refractivity (Wildman–Crippen MR) is 101 cm³/mol. The first-order valence-electron chi connectivity index (χ1n) is 6.87. The highest BCUT2D eigenvalue weighted by molar-refractivity contribution is 14.1. The molecule has 9 heteroatoms. The average molecular weight is 578 g/mol. The number of benzene rings is 2. The van der Waals surface area contributed by atoms with Gasteiger partial charge in [0.15, 0.2) is 5.75 Å². The van der Waals surface area contributed by atoms with Crippen LogP contribution >= 0.6 is 45.2 Å². The molecular weight excluding hydrogens is 567 g/mol. The van der Waals surface area contributed by atoms with Crippen molar-refractivity contribution in [2.24, 2.45) is 0 Å². The summed E-state index contributed by atoms with van der Waals surface area (Å²) < 4.78 is 50.2. The summed E-state index contributed by atoms with van der Waals surface area (Å²) in [6, 6.07) is 5.93. The second-order valence-corrected chi connectivity index (χ2v) is 7.09. The second-order valence-electron chi connectivity index (χ2n) is 4.77. The van der Waals surface area contributed by atoms with Crippen molar-refractivity contribution < 1.29 is 32.5 Å². The number of alkyl halides is 3. The van der Waals surface area contributed by atoms with Crippen molar-refractivity contribution in [1.82, 2.24) is 0 Å². The number of phenols is 1. The number of carbonyl (C=O) groups excluding carboxylic acids is 1. The van der Waals surface area contributed by atoms with Gasteiger partial charge in [0, 0.05) is 0 Å². The number of hydrogen-bond donors (Lipinski definition) is 1. The molecule has 0 amide bonds. The molecule has 0 atom stereocenters. The van der Waals surface area contributed by atoms with Crippen LogP contribution in [0.3, 0.4) is 0 Å². The molecule has 0 aliphatic rings. The lowest BCUT2D eigenvalue weighted by Gasteiger charge is -2.14. The summed E-state index contributed by atoms with van der Waals surface area (Å²) >= 11 is 3.85. The minimum Gasteiger partial charge on any atom is -0.507 e. The van der Waals surface area contributed by atoms with Crippen LogP contribution in [0.25, 0.3) is 0 Å². The van der Waals surface area contributed by atoms with E-state index in [9.17, 15) is 23.1 Å². The number of rotatable bonds is 4. The van der Waals surface area contributed by atoms with Crippen LogP contribution in [0.1, 0.15) is 22.8 Å². The Morgan fingerprint density at radius 2 is 1.76 bits per heavy atom. The third-order valence-corrected chi connectivity index (χ3v) is 4.61. The lowest BCUT2D eigenvalue weighted by Crippen LogP contribution is -2.07. The molecule has 0 saturated heterocycles. The summed E-state index contributed by atoms with van der Waals surface area (Å²) in [5.41, 5.74) is -0.858. The zero-order chi connectivity index (χ0) is 18.8. The van der Waals surface area contributed by atoms with Crippen molar-refractivity contribution in [3.8, 4) is 17.2 Å². The van der Waals surface area contributed by atoms with Gasteiger partial charge >= 0.3 is 12.1 Å².